The Labute approximate surface area is 122 Å². The monoisotopic (exact) mass is 280 g/mol. The molecule has 1 aromatic rings. The summed E-state index contributed by atoms with van der Waals surface area (Å²) in [5.41, 5.74) is 0. The van der Waals surface area contributed by atoms with Crippen molar-refractivity contribution in [1.82, 2.24) is 20.1 Å². The number of aromatic nitrogens is 3. The van der Waals surface area contributed by atoms with Gasteiger partial charge >= 0.3 is 0 Å². The summed E-state index contributed by atoms with van der Waals surface area (Å²) in [7, 11) is 2.03. The van der Waals surface area contributed by atoms with Crippen LogP contribution in [0.25, 0.3) is 0 Å². The van der Waals surface area contributed by atoms with Gasteiger partial charge in [0.1, 0.15) is 12.2 Å². The minimum Gasteiger partial charge on any atom is -0.378 e. The first-order chi connectivity index (χ1) is 9.83. The first-order valence-corrected chi connectivity index (χ1v) is 7.99. The Morgan fingerprint density at radius 1 is 1.50 bits per heavy atom. The van der Waals surface area contributed by atoms with E-state index in [4.69, 9.17) is 4.74 Å². The highest BCUT2D eigenvalue weighted by Gasteiger charge is 2.17. The molecule has 0 radical (unpaired) electrons. The van der Waals surface area contributed by atoms with E-state index in [1.165, 1.54) is 19.3 Å². The SMILES string of the molecule is CCCn1ncnc1CC(CCC1CCCCO1)NC. The van der Waals surface area contributed by atoms with E-state index >= 15 is 0 Å². The average Bonchev–Trinajstić information content (AvgIpc) is 2.92. The molecular formula is C15H28N4O. The van der Waals surface area contributed by atoms with Gasteiger partial charge in [-0.1, -0.05) is 6.92 Å². The largest absolute Gasteiger partial charge is 0.378 e. The van der Waals surface area contributed by atoms with E-state index in [0.29, 0.717) is 12.1 Å². The lowest BCUT2D eigenvalue weighted by Crippen LogP contribution is -2.31. The highest BCUT2D eigenvalue weighted by atomic mass is 16.5. The van der Waals surface area contributed by atoms with E-state index in [1.807, 2.05) is 11.7 Å². The molecule has 2 rings (SSSR count). The van der Waals surface area contributed by atoms with Gasteiger partial charge in [0.15, 0.2) is 0 Å². The Morgan fingerprint density at radius 3 is 3.10 bits per heavy atom. The summed E-state index contributed by atoms with van der Waals surface area (Å²) >= 11 is 0. The van der Waals surface area contributed by atoms with Crippen molar-refractivity contribution in [2.45, 2.75) is 70.6 Å². The molecule has 1 aliphatic rings. The molecule has 2 unspecified atom stereocenters. The number of likely N-dealkylation sites (N-methyl/N-ethyl adjacent to an activating group) is 1. The average molecular weight is 280 g/mol. The van der Waals surface area contributed by atoms with Crippen molar-refractivity contribution in [1.29, 1.82) is 0 Å². The molecule has 0 saturated carbocycles. The van der Waals surface area contributed by atoms with E-state index in [-0.39, 0.29) is 0 Å². The van der Waals surface area contributed by atoms with Gasteiger partial charge in [0.2, 0.25) is 0 Å². The molecule has 1 N–H and O–H groups in total. The highest BCUT2D eigenvalue weighted by Crippen LogP contribution is 2.18. The smallest absolute Gasteiger partial charge is 0.138 e. The number of rotatable bonds is 8. The van der Waals surface area contributed by atoms with Gasteiger partial charge in [-0.05, 0) is 45.6 Å². The van der Waals surface area contributed by atoms with Crippen molar-refractivity contribution in [2.24, 2.45) is 0 Å². The third kappa shape index (κ3) is 4.56. The van der Waals surface area contributed by atoms with E-state index < -0.39 is 0 Å². The Morgan fingerprint density at radius 2 is 2.40 bits per heavy atom. The molecule has 2 heterocycles. The minimum atomic E-state index is 0.459. The standard InChI is InChI=1S/C15H28N4O/c1-3-9-19-15(17-12-18-19)11-13(16-2)7-8-14-6-4-5-10-20-14/h12-14,16H,3-11H2,1-2H3. The van der Waals surface area contributed by atoms with E-state index in [2.05, 4.69) is 22.3 Å². The maximum Gasteiger partial charge on any atom is 0.138 e. The van der Waals surface area contributed by atoms with Crippen LogP contribution in [0.1, 0.15) is 51.3 Å². The molecule has 1 aliphatic heterocycles. The van der Waals surface area contributed by atoms with Crippen LogP contribution in [0.3, 0.4) is 0 Å². The molecule has 0 bridgehead atoms. The van der Waals surface area contributed by atoms with Crippen LogP contribution < -0.4 is 5.32 Å². The lowest BCUT2D eigenvalue weighted by molar-refractivity contribution is 0.00866. The van der Waals surface area contributed by atoms with Gasteiger partial charge in [-0.2, -0.15) is 5.10 Å². The first-order valence-electron chi connectivity index (χ1n) is 7.99. The molecule has 0 aromatic carbocycles. The topological polar surface area (TPSA) is 52.0 Å². The molecule has 0 spiro atoms. The maximum absolute atomic E-state index is 5.81. The third-order valence-corrected chi connectivity index (χ3v) is 4.08. The second-order valence-corrected chi connectivity index (χ2v) is 5.66. The molecule has 1 aromatic heterocycles. The molecule has 0 aliphatic carbocycles. The van der Waals surface area contributed by atoms with E-state index in [1.54, 1.807) is 6.33 Å². The van der Waals surface area contributed by atoms with Crippen LogP contribution in [0.2, 0.25) is 0 Å². The number of nitrogens with zero attached hydrogens (tertiary/aromatic N) is 3. The third-order valence-electron chi connectivity index (χ3n) is 4.08. The van der Waals surface area contributed by atoms with Gasteiger partial charge in [0.25, 0.3) is 0 Å². The summed E-state index contributed by atoms with van der Waals surface area (Å²) in [5, 5.41) is 7.71. The summed E-state index contributed by atoms with van der Waals surface area (Å²) in [4.78, 5) is 4.40. The number of aryl methyl sites for hydroxylation is 1. The summed E-state index contributed by atoms with van der Waals surface area (Å²) in [6.07, 6.45) is 10.2. The van der Waals surface area contributed by atoms with Crippen LogP contribution in [0.15, 0.2) is 6.33 Å². The second kappa shape index (κ2) is 8.37. The molecule has 114 valence electrons. The summed E-state index contributed by atoms with van der Waals surface area (Å²) in [5.74, 6) is 1.09. The molecule has 5 heteroatoms. The number of hydrogen-bond acceptors (Lipinski definition) is 4. The van der Waals surface area contributed by atoms with E-state index in [9.17, 15) is 0 Å². The van der Waals surface area contributed by atoms with Crippen LogP contribution in [0, 0.1) is 0 Å². The van der Waals surface area contributed by atoms with Crippen LogP contribution in [0.4, 0.5) is 0 Å². The predicted molar refractivity (Wildman–Crippen MR) is 79.7 cm³/mol. The Balaban J connectivity index is 1.80. The van der Waals surface area contributed by atoms with Crippen LogP contribution in [0.5, 0.6) is 0 Å². The fourth-order valence-corrected chi connectivity index (χ4v) is 2.84. The van der Waals surface area contributed by atoms with Crippen LogP contribution >= 0.6 is 0 Å². The van der Waals surface area contributed by atoms with E-state index in [0.717, 1.165) is 44.7 Å². The molecule has 1 saturated heterocycles. The molecule has 2 atom stereocenters. The van der Waals surface area contributed by atoms with Crippen LogP contribution in [-0.2, 0) is 17.7 Å². The Bertz CT molecular complexity index is 374. The summed E-state index contributed by atoms with van der Waals surface area (Å²) < 4.78 is 7.84. The van der Waals surface area contributed by atoms with Gasteiger partial charge in [-0.25, -0.2) is 4.98 Å². The number of hydrogen-bond donors (Lipinski definition) is 1. The summed E-state index contributed by atoms with van der Waals surface area (Å²) in [6, 6.07) is 0.459. The fourth-order valence-electron chi connectivity index (χ4n) is 2.84. The molecule has 20 heavy (non-hydrogen) atoms. The van der Waals surface area contributed by atoms with Crippen molar-refractivity contribution < 1.29 is 4.74 Å². The normalized spacial score (nSPS) is 21.0. The number of nitrogens with one attached hydrogen (secondary N) is 1. The lowest BCUT2D eigenvalue weighted by atomic mass is 10.00. The second-order valence-electron chi connectivity index (χ2n) is 5.66. The highest BCUT2D eigenvalue weighted by molar-refractivity contribution is 4.90. The fraction of sp³-hybridized carbons (Fsp3) is 0.867. The lowest BCUT2D eigenvalue weighted by Gasteiger charge is -2.24. The molecule has 1 fully saturated rings. The number of ether oxygens (including phenoxy) is 1. The first kappa shape index (κ1) is 15.4. The van der Waals surface area contributed by atoms with Crippen molar-refractivity contribution in [3.8, 4) is 0 Å². The van der Waals surface area contributed by atoms with Crippen molar-refractivity contribution in [2.75, 3.05) is 13.7 Å². The van der Waals surface area contributed by atoms with Gasteiger partial charge < -0.3 is 10.1 Å². The van der Waals surface area contributed by atoms with Gasteiger partial charge in [0.05, 0.1) is 6.10 Å². The minimum absolute atomic E-state index is 0.459. The molecule has 5 nitrogen and oxygen atoms in total. The zero-order valence-corrected chi connectivity index (χ0v) is 12.8. The molecule has 0 amide bonds. The van der Waals surface area contributed by atoms with Crippen molar-refractivity contribution in [3.63, 3.8) is 0 Å². The quantitative estimate of drug-likeness (QED) is 0.793. The van der Waals surface area contributed by atoms with Gasteiger partial charge in [-0.3, -0.25) is 4.68 Å². The zero-order valence-electron chi connectivity index (χ0n) is 12.8. The van der Waals surface area contributed by atoms with Crippen molar-refractivity contribution in [3.05, 3.63) is 12.2 Å². The predicted octanol–water partition coefficient (Wildman–Crippen LogP) is 2.17. The maximum atomic E-state index is 5.81. The van der Waals surface area contributed by atoms with Gasteiger partial charge in [0, 0.05) is 25.6 Å². The molecular weight excluding hydrogens is 252 g/mol. The van der Waals surface area contributed by atoms with Crippen molar-refractivity contribution >= 4 is 0 Å². The Kier molecular flexibility index (Phi) is 6.47. The van der Waals surface area contributed by atoms with Crippen LogP contribution in [-0.4, -0.2) is 40.6 Å². The zero-order chi connectivity index (χ0) is 14.2. The Hall–Kier alpha value is -0.940. The van der Waals surface area contributed by atoms with Gasteiger partial charge in [-0.15, -0.1) is 0 Å². The summed E-state index contributed by atoms with van der Waals surface area (Å²) in [6.45, 7) is 4.07.